The number of carbonyl (C=O) groups is 2. The Morgan fingerprint density at radius 2 is 1.68 bits per heavy atom. The van der Waals surface area contributed by atoms with Crippen LogP contribution in [0.2, 0.25) is 0 Å². The molecule has 0 spiro atoms. The van der Waals surface area contributed by atoms with Gasteiger partial charge in [-0.1, -0.05) is 24.3 Å². The van der Waals surface area contributed by atoms with E-state index >= 15 is 0 Å². The molecule has 2 N–H and O–H groups in total. The van der Waals surface area contributed by atoms with Gasteiger partial charge in [-0.2, -0.15) is 0 Å². The smallest absolute Gasteiger partial charge is 0.291 e. The van der Waals surface area contributed by atoms with Gasteiger partial charge in [0.05, 0.1) is 12.0 Å². The van der Waals surface area contributed by atoms with E-state index in [4.69, 9.17) is 4.42 Å². The molecule has 1 heterocycles. The van der Waals surface area contributed by atoms with Crippen LogP contribution in [0.25, 0.3) is 0 Å². The largest absolute Gasteiger partial charge is 0.459 e. The number of anilines is 2. The SMILES string of the molecule is O=C(CSc1cccc(NC(=O)c2ccco2)c1)Nc1ccccc1. The second-order valence-electron chi connectivity index (χ2n) is 5.16. The summed E-state index contributed by atoms with van der Waals surface area (Å²) in [4.78, 5) is 24.9. The molecule has 0 unspecified atom stereocenters. The van der Waals surface area contributed by atoms with Crippen molar-refractivity contribution in [2.45, 2.75) is 4.90 Å². The molecule has 5 nitrogen and oxygen atoms in total. The first-order chi connectivity index (χ1) is 12.2. The Kier molecular flexibility index (Phi) is 5.53. The highest BCUT2D eigenvalue weighted by atomic mass is 32.2. The topological polar surface area (TPSA) is 71.3 Å². The van der Waals surface area contributed by atoms with Crippen LogP contribution < -0.4 is 10.6 Å². The molecule has 0 aliphatic rings. The third-order valence-corrected chi connectivity index (χ3v) is 4.26. The molecule has 25 heavy (non-hydrogen) atoms. The van der Waals surface area contributed by atoms with Crippen LogP contribution in [0.4, 0.5) is 11.4 Å². The van der Waals surface area contributed by atoms with Gasteiger partial charge in [0.2, 0.25) is 5.91 Å². The molecule has 0 saturated heterocycles. The zero-order valence-corrected chi connectivity index (χ0v) is 14.1. The van der Waals surface area contributed by atoms with Crippen LogP contribution in [-0.4, -0.2) is 17.6 Å². The van der Waals surface area contributed by atoms with Crippen molar-refractivity contribution in [1.29, 1.82) is 0 Å². The molecule has 0 atom stereocenters. The van der Waals surface area contributed by atoms with E-state index in [1.54, 1.807) is 18.2 Å². The van der Waals surface area contributed by atoms with Gasteiger partial charge in [0, 0.05) is 16.3 Å². The monoisotopic (exact) mass is 352 g/mol. The molecule has 2 amide bonds. The summed E-state index contributed by atoms with van der Waals surface area (Å²) in [6, 6.07) is 19.9. The molecule has 0 bridgehead atoms. The van der Waals surface area contributed by atoms with Gasteiger partial charge in [0.25, 0.3) is 5.91 Å². The van der Waals surface area contributed by atoms with Crippen LogP contribution in [0.3, 0.4) is 0 Å². The zero-order valence-electron chi connectivity index (χ0n) is 13.3. The molecule has 0 saturated carbocycles. The lowest BCUT2D eigenvalue weighted by Gasteiger charge is -2.07. The summed E-state index contributed by atoms with van der Waals surface area (Å²) in [5.41, 5.74) is 1.42. The molecule has 0 fully saturated rings. The van der Waals surface area contributed by atoms with Crippen molar-refractivity contribution in [3.8, 4) is 0 Å². The molecule has 0 aliphatic carbocycles. The van der Waals surface area contributed by atoms with Crippen molar-refractivity contribution in [2.24, 2.45) is 0 Å². The number of hydrogen-bond donors (Lipinski definition) is 2. The van der Waals surface area contributed by atoms with Gasteiger partial charge in [-0.05, 0) is 42.5 Å². The fourth-order valence-electron chi connectivity index (χ4n) is 2.13. The zero-order chi connectivity index (χ0) is 17.5. The van der Waals surface area contributed by atoms with E-state index in [1.807, 2.05) is 48.5 Å². The van der Waals surface area contributed by atoms with Crippen molar-refractivity contribution in [3.05, 3.63) is 78.8 Å². The Balaban J connectivity index is 1.54. The first-order valence-corrected chi connectivity index (χ1v) is 8.62. The van der Waals surface area contributed by atoms with Gasteiger partial charge in [-0.15, -0.1) is 11.8 Å². The molecular formula is C19H16N2O3S. The maximum absolute atomic E-state index is 12.0. The van der Waals surface area contributed by atoms with Crippen LogP contribution in [-0.2, 0) is 4.79 Å². The van der Waals surface area contributed by atoms with Crippen LogP contribution in [0.15, 0.2) is 82.3 Å². The highest BCUT2D eigenvalue weighted by Gasteiger charge is 2.09. The summed E-state index contributed by atoms with van der Waals surface area (Å²) in [6.45, 7) is 0. The van der Waals surface area contributed by atoms with Gasteiger partial charge in [0.1, 0.15) is 0 Å². The number of para-hydroxylation sites is 1. The highest BCUT2D eigenvalue weighted by molar-refractivity contribution is 8.00. The molecule has 3 aromatic rings. The lowest BCUT2D eigenvalue weighted by Crippen LogP contribution is -2.14. The summed E-state index contributed by atoms with van der Waals surface area (Å²) in [6.07, 6.45) is 1.45. The summed E-state index contributed by atoms with van der Waals surface area (Å²) >= 11 is 1.40. The van der Waals surface area contributed by atoms with Gasteiger partial charge in [-0.3, -0.25) is 9.59 Å². The van der Waals surface area contributed by atoms with Crippen LogP contribution in [0.1, 0.15) is 10.6 Å². The van der Waals surface area contributed by atoms with Gasteiger partial charge >= 0.3 is 0 Å². The first-order valence-electron chi connectivity index (χ1n) is 7.63. The van der Waals surface area contributed by atoms with E-state index in [2.05, 4.69) is 10.6 Å². The summed E-state index contributed by atoms with van der Waals surface area (Å²) in [5.74, 6) is 0.139. The van der Waals surface area contributed by atoms with E-state index < -0.39 is 0 Å². The average molecular weight is 352 g/mol. The second-order valence-corrected chi connectivity index (χ2v) is 6.21. The van der Waals surface area contributed by atoms with Crippen molar-refractivity contribution < 1.29 is 14.0 Å². The molecule has 6 heteroatoms. The number of rotatable bonds is 6. The molecule has 0 aliphatic heterocycles. The van der Waals surface area contributed by atoms with Crippen molar-refractivity contribution >= 4 is 35.0 Å². The Hall–Kier alpha value is -2.99. The van der Waals surface area contributed by atoms with E-state index in [-0.39, 0.29) is 23.3 Å². The second kappa shape index (κ2) is 8.21. The predicted octanol–water partition coefficient (Wildman–Crippen LogP) is 4.26. The van der Waals surface area contributed by atoms with Crippen LogP contribution >= 0.6 is 11.8 Å². The Morgan fingerprint density at radius 3 is 2.44 bits per heavy atom. The first kappa shape index (κ1) is 16.9. The lowest BCUT2D eigenvalue weighted by molar-refractivity contribution is -0.113. The fourth-order valence-corrected chi connectivity index (χ4v) is 2.89. The lowest BCUT2D eigenvalue weighted by atomic mass is 10.3. The minimum atomic E-state index is -0.311. The van der Waals surface area contributed by atoms with Gasteiger partial charge in [-0.25, -0.2) is 0 Å². The number of furan rings is 1. The summed E-state index contributed by atoms with van der Waals surface area (Å²) < 4.78 is 5.06. The Labute approximate surface area is 149 Å². The third kappa shape index (κ3) is 4.99. The molecule has 1 aromatic heterocycles. The quantitative estimate of drug-likeness (QED) is 0.650. The fraction of sp³-hybridized carbons (Fsp3) is 0.0526. The minimum absolute atomic E-state index is 0.0822. The minimum Gasteiger partial charge on any atom is -0.459 e. The standard InChI is InChI=1S/C19H16N2O3S/c22-18(20-14-6-2-1-3-7-14)13-25-16-9-4-8-15(12-16)21-19(23)17-10-5-11-24-17/h1-12H,13H2,(H,20,22)(H,21,23). The number of carbonyl (C=O) groups excluding carboxylic acids is 2. The van der Waals surface area contributed by atoms with Crippen molar-refractivity contribution in [2.75, 3.05) is 16.4 Å². The average Bonchev–Trinajstić information content (AvgIpc) is 3.16. The Morgan fingerprint density at radius 1 is 0.880 bits per heavy atom. The van der Waals surface area contributed by atoms with Crippen molar-refractivity contribution in [3.63, 3.8) is 0 Å². The molecule has 3 rings (SSSR count). The highest BCUT2D eigenvalue weighted by Crippen LogP contribution is 2.22. The maximum atomic E-state index is 12.0. The van der Waals surface area contributed by atoms with E-state index in [1.165, 1.54) is 18.0 Å². The van der Waals surface area contributed by atoms with E-state index in [0.29, 0.717) is 5.69 Å². The number of hydrogen-bond acceptors (Lipinski definition) is 4. The normalized spacial score (nSPS) is 10.2. The molecule has 126 valence electrons. The van der Waals surface area contributed by atoms with Crippen molar-refractivity contribution in [1.82, 2.24) is 0 Å². The number of thioether (sulfide) groups is 1. The Bertz CT molecular complexity index is 848. The number of benzene rings is 2. The number of amides is 2. The maximum Gasteiger partial charge on any atom is 0.291 e. The van der Waals surface area contributed by atoms with Crippen LogP contribution in [0, 0.1) is 0 Å². The van der Waals surface area contributed by atoms with Gasteiger partial charge < -0.3 is 15.1 Å². The summed E-state index contributed by atoms with van der Waals surface area (Å²) in [5, 5.41) is 5.60. The summed E-state index contributed by atoms with van der Waals surface area (Å²) in [7, 11) is 0. The third-order valence-electron chi connectivity index (χ3n) is 3.26. The van der Waals surface area contributed by atoms with Gasteiger partial charge in [0.15, 0.2) is 5.76 Å². The van der Waals surface area contributed by atoms with E-state index in [9.17, 15) is 9.59 Å². The van der Waals surface area contributed by atoms with Crippen LogP contribution in [0.5, 0.6) is 0 Å². The van der Waals surface area contributed by atoms with E-state index in [0.717, 1.165) is 10.6 Å². The molecule has 0 radical (unpaired) electrons. The molecule has 2 aromatic carbocycles. The number of nitrogens with one attached hydrogen (secondary N) is 2. The molecular weight excluding hydrogens is 336 g/mol. The predicted molar refractivity (Wildman–Crippen MR) is 98.9 cm³/mol.